The number of carboxylic acid groups (broad SMARTS) is 2. The summed E-state index contributed by atoms with van der Waals surface area (Å²) in [5.74, 6) is -2.83. The quantitative estimate of drug-likeness (QED) is 0.367. The van der Waals surface area contributed by atoms with E-state index in [-0.39, 0.29) is 11.1 Å². The van der Waals surface area contributed by atoms with Gasteiger partial charge in [0.2, 0.25) is 5.41 Å². The maximum absolute atomic E-state index is 12.4. The molecule has 0 fully saturated rings. The van der Waals surface area contributed by atoms with Gasteiger partial charge < -0.3 is 10.2 Å². The molecule has 4 aromatic rings. The van der Waals surface area contributed by atoms with Crippen molar-refractivity contribution in [1.82, 2.24) is 0 Å². The molecule has 0 aromatic heterocycles. The van der Waals surface area contributed by atoms with Gasteiger partial charge in [0.05, 0.1) is 0 Å². The van der Waals surface area contributed by atoms with Gasteiger partial charge in [-0.1, -0.05) is 109 Å². The molecule has 0 bridgehead atoms. The normalized spacial score (nSPS) is 11.2. The van der Waals surface area contributed by atoms with Crippen LogP contribution in [-0.4, -0.2) is 22.2 Å². The summed E-state index contributed by atoms with van der Waals surface area (Å²) in [7, 11) is 0. The molecule has 0 atom stereocenters. The van der Waals surface area contributed by atoms with Crippen LogP contribution in [0.2, 0.25) is 0 Å². The summed E-state index contributed by atoms with van der Waals surface area (Å²) in [6.45, 7) is 0. The van der Waals surface area contributed by atoms with Gasteiger partial charge in [-0.15, -0.1) is 0 Å². The summed E-state index contributed by atoms with van der Waals surface area (Å²) >= 11 is 0. The van der Waals surface area contributed by atoms with Crippen LogP contribution in [0.1, 0.15) is 33.4 Å². The zero-order valence-corrected chi connectivity index (χ0v) is 18.0. The zero-order chi connectivity index (χ0) is 23.3. The van der Waals surface area contributed by atoms with Gasteiger partial charge in [0.25, 0.3) is 0 Å². The third-order valence-corrected chi connectivity index (χ3v) is 5.92. The van der Waals surface area contributed by atoms with E-state index >= 15 is 0 Å². The Balaban J connectivity index is 1.66. The Bertz CT molecular complexity index is 1130. The summed E-state index contributed by atoms with van der Waals surface area (Å²) < 4.78 is 0. The third-order valence-electron chi connectivity index (χ3n) is 5.92. The molecule has 0 aliphatic rings. The lowest BCUT2D eigenvalue weighted by Crippen LogP contribution is -2.44. The Morgan fingerprint density at radius 2 is 0.788 bits per heavy atom. The molecule has 0 aliphatic heterocycles. The highest BCUT2D eigenvalue weighted by molar-refractivity contribution is 6.08. The molecule has 33 heavy (non-hydrogen) atoms. The van der Waals surface area contributed by atoms with Crippen LogP contribution >= 0.6 is 0 Å². The monoisotopic (exact) mass is 436 g/mol. The highest BCUT2D eigenvalue weighted by atomic mass is 16.4. The largest absolute Gasteiger partial charge is 0.480 e. The van der Waals surface area contributed by atoms with E-state index in [0.29, 0.717) is 12.8 Å². The lowest BCUT2D eigenvalue weighted by molar-refractivity contribution is -0.155. The molecule has 0 saturated carbocycles. The fourth-order valence-electron chi connectivity index (χ4n) is 4.16. The van der Waals surface area contributed by atoms with Crippen LogP contribution in [0, 0.1) is 0 Å². The summed E-state index contributed by atoms with van der Waals surface area (Å²) in [4.78, 5) is 24.9. The molecule has 0 aliphatic carbocycles. The van der Waals surface area contributed by atoms with Crippen molar-refractivity contribution in [3.8, 4) is 0 Å². The average Bonchev–Trinajstić information content (AvgIpc) is 2.82. The van der Waals surface area contributed by atoms with Gasteiger partial charge in [-0.25, -0.2) is 0 Å². The number of benzene rings is 4. The third kappa shape index (κ3) is 4.55. The first-order valence-corrected chi connectivity index (χ1v) is 10.7. The van der Waals surface area contributed by atoms with E-state index in [9.17, 15) is 19.8 Å². The molecule has 4 nitrogen and oxygen atoms in total. The molecular formula is C29H24O4. The fourth-order valence-corrected chi connectivity index (χ4v) is 4.16. The number of aliphatic carboxylic acids is 2. The van der Waals surface area contributed by atoms with Crippen LogP contribution in [0.4, 0.5) is 0 Å². The summed E-state index contributed by atoms with van der Waals surface area (Å²) in [5, 5.41) is 20.3. The van der Waals surface area contributed by atoms with Crippen molar-refractivity contribution >= 4 is 11.9 Å². The van der Waals surface area contributed by atoms with Crippen LogP contribution in [0.3, 0.4) is 0 Å². The minimum Gasteiger partial charge on any atom is -0.480 e. The Hall–Kier alpha value is -4.18. The fraction of sp³-hybridized carbons (Fsp3) is 0.103. The standard InChI is InChI=1S/C29H24O4/c30-27(31)29(28(32)33,25-15-11-23(12-16-25)19-21-7-3-1-4-8-21)26-17-13-24(14-18-26)20-22-9-5-2-6-10-22/h1-18H,19-20H2,(H,30,31)(H,32,33). The predicted molar refractivity (Wildman–Crippen MR) is 127 cm³/mol. The highest BCUT2D eigenvalue weighted by Crippen LogP contribution is 2.34. The van der Waals surface area contributed by atoms with Gasteiger partial charge in [-0.3, -0.25) is 9.59 Å². The molecule has 164 valence electrons. The zero-order valence-electron chi connectivity index (χ0n) is 18.0. The summed E-state index contributed by atoms with van der Waals surface area (Å²) in [6.07, 6.45) is 1.37. The molecule has 2 N–H and O–H groups in total. The minimum absolute atomic E-state index is 0.218. The first kappa shape index (κ1) is 22.0. The molecule has 0 saturated heterocycles. The van der Waals surface area contributed by atoms with E-state index in [1.165, 1.54) is 0 Å². The van der Waals surface area contributed by atoms with Crippen LogP contribution in [0.15, 0.2) is 109 Å². The number of rotatable bonds is 8. The predicted octanol–water partition coefficient (Wildman–Crippen LogP) is 5.32. The topological polar surface area (TPSA) is 74.6 Å². The SMILES string of the molecule is O=C(O)C(C(=O)O)(c1ccc(Cc2ccccc2)cc1)c1ccc(Cc2ccccc2)cc1. The van der Waals surface area contributed by atoms with Crippen molar-refractivity contribution in [1.29, 1.82) is 0 Å². The molecular weight excluding hydrogens is 412 g/mol. The van der Waals surface area contributed by atoms with Gasteiger partial charge >= 0.3 is 11.9 Å². The Morgan fingerprint density at radius 3 is 1.09 bits per heavy atom. The Morgan fingerprint density at radius 1 is 0.485 bits per heavy atom. The van der Waals surface area contributed by atoms with Crippen molar-refractivity contribution in [2.45, 2.75) is 18.3 Å². The molecule has 0 unspecified atom stereocenters. The first-order chi connectivity index (χ1) is 16.0. The maximum Gasteiger partial charge on any atom is 0.330 e. The van der Waals surface area contributed by atoms with E-state index in [1.807, 2.05) is 60.7 Å². The smallest absolute Gasteiger partial charge is 0.330 e. The van der Waals surface area contributed by atoms with Crippen LogP contribution in [0.25, 0.3) is 0 Å². The lowest BCUT2D eigenvalue weighted by Gasteiger charge is -2.26. The van der Waals surface area contributed by atoms with Crippen LogP contribution < -0.4 is 0 Å². The number of carboxylic acids is 2. The van der Waals surface area contributed by atoms with Crippen molar-refractivity contribution in [3.63, 3.8) is 0 Å². The Labute approximate surface area is 192 Å². The first-order valence-electron chi connectivity index (χ1n) is 10.7. The number of carbonyl (C=O) groups is 2. The molecule has 0 amide bonds. The average molecular weight is 437 g/mol. The molecule has 4 heteroatoms. The number of hydrogen-bond acceptors (Lipinski definition) is 2. The van der Waals surface area contributed by atoms with E-state index in [0.717, 1.165) is 22.3 Å². The second kappa shape index (κ2) is 9.53. The summed E-state index contributed by atoms with van der Waals surface area (Å²) in [6, 6.07) is 33.5. The van der Waals surface area contributed by atoms with Crippen molar-refractivity contribution in [3.05, 3.63) is 143 Å². The second-order valence-electron chi connectivity index (χ2n) is 8.08. The lowest BCUT2D eigenvalue weighted by atomic mass is 9.74. The molecule has 0 heterocycles. The second-order valence-corrected chi connectivity index (χ2v) is 8.08. The highest BCUT2D eigenvalue weighted by Gasteiger charge is 2.50. The minimum atomic E-state index is -2.18. The van der Waals surface area contributed by atoms with Gasteiger partial charge in [-0.2, -0.15) is 0 Å². The number of hydrogen-bond donors (Lipinski definition) is 2. The van der Waals surface area contributed by atoms with E-state index in [1.54, 1.807) is 48.5 Å². The Kier molecular flexibility index (Phi) is 6.36. The van der Waals surface area contributed by atoms with E-state index < -0.39 is 17.4 Å². The van der Waals surface area contributed by atoms with E-state index in [4.69, 9.17) is 0 Å². The van der Waals surface area contributed by atoms with Crippen molar-refractivity contribution in [2.24, 2.45) is 0 Å². The van der Waals surface area contributed by atoms with Gasteiger partial charge in [-0.05, 0) is 46.2 Å². The van der Waals surface area contributed by atoms with E-state index in [2.05, 4.69) is 0 Å². The maximum atomic E-state index is 12.4. The summed E-state index contributed by atoms with van der Waals surface area (Å²) in [5.41, 5.74) is 2.46. The molecule has 4 rings (SSSR count). The van der Waals surface area contributed by atoms with Crippen molar-refractivity contribution < 1.29 is 19.8 Å². The van der Waals surface area contributed by atoms with Gasteiger partial charge in [0.15, 0.2) is 0 Å². The van der Waals surface area contributed by atoms with Crippen LogP contribution in [-0.2, 0) is 27.8 Å². The van der Waals surface area contributed by atoms with Crippen LogP contribution in [0.5, 0.6) is 0 Å². The van der Waals surface area contributed by atoms with Gasteiger partial charge in [0.1, 0.15) is 0 Å². The molecule has 4 aromatic carbocycles. The van der Waals surface area contributed by atoms with Gasteiger partial charge in [0, 0.05) is 0 Å². The van der Waals surface area contributed by atoms with Crippen molar-refractivity contribution in [2.75, 3.05) is 0 Å². The molecule has 0 spiro atoms. The molecule has 0 radical (unpaired) electrons.